The summed E-state index contributed by atoms with van der Waals surface area (Å²) >= 11 is 0. The van der Waals surface area contributed by atoms with Crippen molar-refractivity contribution >= 4 is 17.3 Å². The smallest absolute Gasteiger partial charge is 0.224 e. The first kappa shape index (κ1) is 13.4. The van der Waals surface area contributed by atoms with Crippen LogP contribution in [0.5, 0.6) is 0 Å². The molecule has 0 aliphatic heterocycles. The fourth-order valence-electron chi connectivity index (χ4n) is 1.33. The van der Waals surface area contributed by atoms with Crippen molar-refractivity contribution in [2.75, 3.05) is 24.3 Å². The Morgan fingerprint density at radius 3 is 3.00 bits per heavy atom. The van der Waals surface area contributed by atoms with Crippen molar-refractivity contribution in [3.63, 3.8) is 0 Å². The van der Waals surface area contributed by atoms with E-state index in [0.717, 1.165) is 0 Å². The van der Waals surface area contributed by atoms with E-state index in [4.69, 9.17) is 10.5 Å². The molecule has 0 radical (unpaired) electrons. The number of carbonyl (C=O) groups excluding carboxylic acids is 1. The number of carbonyl (C=O) groups is 1. The van der Waals surface area contributed by atoms with Crippen LogP contribution < -0.4 is 11.1 Å². The molecule has 0 unspecified atom stereocenters. The minimum Gasteiger partial charge on any atom is -0.397 e. The van der Waals surface area contributed by atoms with Crippen LogP contribution in [0.25, 0.3) is 0 Å². The van der Waals surface area contributed by atoms with Gasteiger partial charge in [-0.3, -0.25) is 4.79 Å². The number of nitrogen functional groups attached to an aromatic ring is 1. The van der Waals surface area contributed by atoms with Crippen LogP contribution in [0, 0.1) is 5.82 Å². The van der Waals surface area contributed by atoms with Crippen LogP contribution in [0.2, 0.25) is 0 Å². The summed E-state index contributed by atoms with van der Waals surface area (Å²) in [6.45, 7) is 3.08. The molecule has 17 heavy (non-hydrogen) atoms. The van der Waals surface area contributed by atoms with Crippen molar-refractivity contribution in [2.45, 2.75) is 19.8 Å². The van der Waals surface area contributed by atoms with Gasteiger partial charge in [-0.05, 0) is 31.5 Å². The van der Waals surface area contributed by atoms with Gasteiger partial charge in [0.05, 0.1) is 11.4 Å². The molecule has 1 aromatic rings. The third-order valence-corrected chi connectivity index (χ3v) is 2.19. The summed E-state index contributed by atoms with van der Waals surface area (Å²) in [6, 6.07) is 3.88. The Labute approximate surface area is 100.0 Å². The molecular weight excluding hydrogens is 223 g/mol. The Morgan fingerprint density at radius 1 is 1.53 bits per heavy atom. The van der Waals surface area contributed by atoms with Crippen molar-refractivity contribution in [3.8, 4) is 0 Å². The first-order valence-corrected chi connectivity index (χ1v) is 5.56. The highest BCUT2D eigenvalue weighted by atomic mass is 19.1. The summed E-state index contributed by atoms with van der Waals surface area (Å²) < 4.78 is 18.0. The fraction of sp³-hybridized carbons (Fsp3) is 0.417. The van der Waals surface area contributed by atoms with Gasteiger partial charge in [-0.2, -0.15) is 0 Å². The second-order valence-corrected chi connectivity index (χ2v) is 3.58. The molecule has 0 aromatic heterocycles. The zero-order chi connectivity index (χ0) is 12.7. The lowest BCUT2D eigenvalue weighted by molar-refractivity contribution is -0.116. The standard InChI is InChI=1S/C12H17FN2O2/c1-2-17-7-3-4-12(16)15-11-8-9(13)5-6-10(11)14/h5-6,8H,2-4,7,14H2,1H3,(H,15,16). The van der Waals surface area contributed by atoms with Crippen molar-refractivity contribution < 1.29 is 13.9 Å². The SMILES string of the molecule is CCOCCCC(=O)Nc1cc(F)ccc1N. The van der Waals surface area contributed by atoms with Crippen LogP contribution >= 0.6 is 0 Å². The van der Waals surface area contributed by atoms with Gasteiger partial charge in [-0.1, -0.05) is 0 Å². The van der Waals surface area contributed by atoms with E-state index in [9.17, 15) is 9.18 Å². The number of halogens is 1. The molecule has 4 nitrogen and oxygen atoms in total. The average molecular weight is 240 g/mol. The Bertz CT molecular complexity index is 383. The van der Waals surface area contributed by atoms with Crippen LogP contribution in [-0.4, -0.2) is 19.1 Å². The van der Waals surface area contributed by atoms with Crippen LogP contribution in [0.3, 0.4) is 0 Å². The van der Waals surface area contributed by atoms with Gasteiger partial charge >= 0.3 is 0 Å². The topological polar surface area (TPSA) is 64.3 Å². The van der Waals surface area contributed by atoms with Crippen LogP contribution in [0.15, 0.2) is 18.2 Å². The van der Waals surface area contributed by atoms with E-state index in [-0.39, 0.29) is 5.91 Å². The Morgan fingerprint density at radius 2 is 2.29 bits per heavy atom. The first-order chi connectivity index (χ1) is 8.13. The quantitative estimate of drug-likeness (QED) is 0.591. The number of ether oxygens (including phenoxy) is 1. The predicted octanol–water partition coefficient (Wildman–Crippen LogP) is 2.16. The van der Waals surface area contributed by atoms with Crippen LogP contribution in [0.1, 0.15) is 19.8 Å². The normalized spacial score (nSPS) is 10.2. The lowest BCUT2D eigenvalue weighted by atomic mass is 10.2. The number of hydrogen-bond donors (Lipinski definition) is 2. The number of nitrogens with one attached hydrogen (secondary N) is 1. The molecule has 94 valence electrons. The number of anilines is 2. The van der Waals surface area contributed by atoms with Crippen molar-refractivity contribution in [1.82, 2.24) is 0 Å². The summed E-state index contributed by atoms with van der Waals surface area (Å²) in [7, 11) is 0. The van der Waals surface area contributed by atoms with Crippen molar-refractivity contribution in [2.24, 2.45) is 0 Å². The number of rotatable bonds is 6. The lowest BCUT2D eigenvalue weighted by Crippen LogP contribution is -2.13. The maximum Gasteiger partial charge on any atom is 0.224 e. The van der Waals surface area contributed by atoms with Gasteiger partial charge < -0.3 is 15.8 Å². The molecule has 0 fully saturated rings. The van der Waals surface area contributed by atoms with Gasteiger partial charge in [-0.25, -0.2) is 4.39 Å². The molecule has 0 atom stereocenters. The Balaban J connectivity index is 2.42. The van der Waals surface area contributed by atoms with Crippen molar-refractivity contribution in [3.05, 3.63) is 24.0 Å². The van der Waals surface area contributed by atoms with E-state index in [1.54, 1.807) is 0 Å². The second kappa shape index (κ2) is 6.85. The third-order valence-electron chi connectivity index (χ3n) is 2.19. The lowest BCUT2D eigenvalue weighted by Gasteiger charge is -2.08. The van der Waals surface area contributed by atoms with Crippen LogP contribution in [-0.2, 0) is 9.53 Å². The molecule has 0 spiro atoms. The molecule has 0 aliphatic rings. The van der Waals surface area contributed by atoms with Gasteiger partial charge in [0, 0.05) is 19.6 Å². The largest absolute Gasteiger partial charge is 0.397 e. The highest BCUT2D eigenvalue weighted by Crippen LogP contribution is 2.19. The van der Waals surface area contributed by atoms with Gasteiger partial charge in [0.2, 0.25) is 5.91 Å². The van der Waals surface area contributed by atoms with Gasteiger partial charge in [0.1, 0.15) is 5.82 Å². The molecule has 0 saturated carbocycles. The maximum absolute atomic E-state index is 12.9. The summed E-state index contributed by atoms with van der Waals surface area (Å²) in [5, 5.41) is 2.57. The van der Waals surface area contributed by atoms with E-state index >= 15 is 0 Å². The minimum atomic E-state index is -0.427. The molecule has 3 N–H and O–H groups in total. The highest BCUT2D eigenvalue weighted by Gasteiger charge is 2.06. The van der Waals surface area contributed by atoms with Gasteiger partial charge in [0.25, 0.3) is 0 Å². The maximum atomic E-state index is 12.9. The molecule has 5 heteroatoms. The highest BCUT2D eigenvalue weighted by molar-refractivity contribution is 5.93. The van der Waals surface area contributed by atoms with E-state index in [0.29, 0.717) is 37.4 Å². The summed E-state index contributed by atoms with van der Waals surface area (Å²) in [6.07, 6.45) is 0.963. The number of nitrogens with two attached hydrogens (primary N) is 1. The summed E-state index contributed by atoms with van der Waals surface area (Å²) in [5.41, 5.74) is 6.27. The predicted molar refractivity (Wildman–Crippen MR) is 65.2 cm³/mol. The summed E-state index contributed by atoms with van der Waals surface area (Å²) in [5.74, 6) is -0.620. The summed E-state index contributed by atoms with van der Waals surface area (Å²) in [4.78, 5) is 11.5. The molecule has 0 bridgehead atoms. The molecular formula is C12H17FN2O2. The zero-order valence-electron chi connectivity index (χ0n) is 9.83. The number of amides is 1. The average Bonchev–Trinajstić information content (AvgIpc) is 2.29. The monoisotopic (exact) mass is 240 g/mol. The van der Waals surface area contributed by atoms with E-state index < -0.39 is 5.82 Å². The van der Waals surface area contributed by atoms with Gasteiger partial charge in [0.15, 0.2) is 0 Å². The molecule has 0 heterocycles. The minimum absolute atomic E-state index is 0.193. The van der Waals surface area contributed by atoms with Gasteiger partial charge in [-0.15, -0.1) is 0 Å². The van der Waals surface area contributed by atoms with E-state index in [1.807, 2.05) is 6.92 Å². The second-order valence-electron chi connectivity index (χ2n) is 3.58. The molecule has 1 rings (SSSR count). The van der Waals surface area contributed by atoms with Crippen molar-refractivity contribution in [1.29, 1.82) is 0 Å². The third kappa shape index (κ3) is 4.82. The number of hydrogen-bond acceptors (Lipinski definition) is 3. The molecule has 0 saturated heterocycles. The zero-order valence-corrected chi connectivity index (χ0v) is 9.83. The van der Waals surface area contributed by atoms with E-state index in [1.165, 1.54) is 18.2 Å². The first-order valence-electron chi connectivity index (χ1n) is 5.56. The van der Waals surface area contributed by atoms with Crippen LogP contribution in [0.4, 0.5) is 15.8 Å². The Kier molecular flexibility index (Phi) is 5.42. The molecule has 0 aliphatic carbocycles. The molecule has 1 amide bonds. The van der Waals surface area contributed by atoms with E-state index in [2.05, 4.69) is 5.32 Å². The fourth-order valence-corrected chi connectivity index (χ4v) is 1.33. The Hall–Kier alpha value is -1.62. The molecule has 1 aromatic carbocycles. The number of benzene rings is 1.